The van der Waals surface area contributed by atoms with E-state index in [0.717, 1.165) is 25.9 Å². The third-order valence-electron chi connectivity index (χ3n) is 2.85. The Morgan fingerprint density at radius 2 is 1.75 bits per heavy atom. The Morgan fingerprint density at radius 3 is 2.12 bits per heavy atom. The zero-order chi connectivity index (χ0) is 12.3. The molecule has 1 aliphatic rings. The molecule has 0 aromatic rings. The van der Waals surface area contributed by atoms with E-state index in [1.54, 1.807) is 0 Å². The Bertz CT molecular complexity index is 238. The SMILES string of the molecule is CN(C)C1CCN(C(=O)OC(C)(C)C)CC1. The Hall–Kier alpha value is -0.770. The number of hydrogen-bond donors (Lipinski definition) is 0. The maximum absolute atomic E-state index is 11.8. The van der Waals surface area contributed by atoms with Gasteiger partial charge in [0, 0.05) is 19.1 Å². The van der Waals surface area contributed by atoms with Gasteiger partial charge in [-0.25, -0.2) is 4.79 Å². The van der Waals surface area contributed by atoms with E-state index in [4.69, 9.17) is 4.74 Å². The molecule has 0 aliphatic carbocycles. The minimum Gasteiger partial charge on any atom is -0.444 e. The number of ether oxygens (including phenoxy) is 1. The van der Waals surface area contributed by atoms with E-state index in [1.807, 2.05) is 25.7 Å². The second-order valence-corrected chi connectivity index (χ2v) is 5.66. The van der Waals surface area contributed by atoms with Crippen molar-refractivity contribution in [3.05, 3.63) is 0 Å². The van der Waals surface area contributed by atoms with Crippen LogP contribution in [0.15, 0.2) is 0 Å². The summed E-state index contributed by atoms with van der Waals surface area (Å²) >= 11 is 0. The van der Waals surface area contributed by atoms with Crippen molar-refractivity contribution in [3.8, 4) is 0 Å². The van der Waals surface area contributed by atoms with E-state index in [-0.39, 0.29) is 6.09 Å². The third kappa shape index (κ3) is 4.00. The zero-order valence-electron chi connectivity index (χ0n) is 11.1. The molecule has 16 heavy (non-hydrogen) atoms. The highest BCUT2D eigenvalue weighted by Gasteiger charge is 2.27. The summed E-state index contributed by atoms with van der Waals surface area (Å²) in [6.45, 7) is 7.31. The quantitative estimate of drug-likeness (QED) is 0.687. The molecule has 1 amide bonds. The van der Waals surface area contributed by atoms with E-state index in [0.29, 0.717) is 6.04 Å². The van der Waals surface area contributed by atoms with Gasteiger partial charge in [-0.15, -0.1) is 0 Å². The Kier molecular flexibility index (Phi) is 4.19. The summed E-state index contributed by atoms with van der Waals surface area (Å²) in [5, 5.41) is 0. The zero-order valence-corrected chi connectivity index (χ0v) is 11.1. The molecule has 4 heteroatoms. The largest absolute Gasteiger partial charge is 0.444 e. The number of hydrogen-bond acceptors (Lipinski definition) is 3. The van der Waals surface area contributed by atoms with E-state index >= 15 is 0 Å². The normalized spacial score (nSPS) is 19.0. The Balaban J connectivity index is 2.39. The molecule has 1 aliphatic heterocycles. The molecule has 4 nitrogen and oxygen atoms in total. The fraction of sp³-hybridized carbons (Fsp3) is 0.917. The minimum atomic E-state index is -0.393. The van der Waals surface area contributed by atoms with Crippen molar-refractivity contribution >= 4 is 6.09 Å². The van der Waals surface area contributed by atoms with Gasteiger partial charge in [-0.1, -0.05) is 0 Å². The lowest BCUT2D eigenvalue weighted by atomic mass is 10.0. The average molecular weight is 228 g/mol. The van der Waals surface area contributed by atoms with Crippen LogP contribution in [-0.2, 0) is 4.74 Å². The second-order valence-electron chi connectivity index (χ2n) is 5.66. The molecule has 0 N–H and O–H groups in total. The Morgan fingerprint density at radius 1 is 1.25 bits per heavy atom. The third-order valence-corrected chi connectivity index (χ3v) is 2.85. The minimum absolute atomic E-state index is 0.176. The fourth-order valence-electron chi connectivity index (χ4n) is 1.89. The molecule has 1 fully saturated rings. The molecule has 0 aromatic carbocycles. The molecule has 94 valence electrons. The number of carbonyl (C=O) groups is 1. The van der Waals surface area contributed by atoms with Crippen LogP contribution in [0.2, 0.25) is 0 Å². The lowest BCUT2D eigenvalue weighted by molar-refractivity contribution is 0.0167. The van der Waals surface area contributed by atoms with Crippen LogP contribution in [0.4, 0.5) is 4.79 Å². The summed E-state index contributed by atoms with van der Waals surface area (Å²) in [6, 6.07) is 0.596. The van der Waals surface area contributed by atoms with E-state index < -0.39 is 5.60 Å². The molecule has 1 rings (SSSR count). The summed E-state index contributed by atoms with van der Waals surface area (Å²) in [5.74, 6) is 0. The molecule has 0 bridgehead atoms. The summed E-state index contributed by atoms with van der Waals surface area (Å²) in [4.78, 5) is 15.8. The molecule has 0 aromatic heterocycles. The highest BCUT2D eigenvalue weighted by molar-refractivity contribution is 5.68. The van der Waals surface area contributed by atoms with Gasteiger partial charge in [0.15, 0.2) is 0 Å². The van der Waals surface area contributed by atoms with Gasteiger partial charge in [0.1, 0.15) is 5.60 Å². The van der Waals surface area contributed by atoms with Gasteiger partial charge in [0.05, 0.1) is 0 Å². The standard InChI is InChI=1S/C12H24N2O2/c1-12(2,3)16-11(15)14-8-6-10(7-9-14)13(4)5/h10H,6-9H2,1-5H3. The molecule has 0 spiro atoms. The predicted octanol–water partition coefficient (Wildman–Crippen LogP) is 1.95. The summed E-state index contributed by atoms with van der Waals surface area (Å²) in [5.41, 5.74) is -0.393. The van der Waals surface area contributed by atoms with Gasteiger partial charge < -0.3 is 14.5 Å². The van der Waals surface area contributed by atoms with Gasteiger partial charge in [0.2, 0.25) is 0 Å². The van der Waals surface area contributed by atoms with Crippen molar-refractivity contribution in [2.75, 3.05) is 27.2 Å². The summed E-state index contributed by atoms with van der Waals surface area (Å²) in [6.07, 6.45) is 1.89. The molecule has 0 atom stereocenters. The first-order valence-electron chi connectivity index (χ1n) is 5.94. The number of piperidine rings is 1. The molecule has 0 unspecified atom stereocenters. The van der Waals surface area contributed by atoms with E-state index in [9.17, 15) is 4.79 Å². The molecular weight excluding hydrogens is 204 g/mol. The summed E-state index contributed by atoms with van der Waals surface area (Å²) < 4.78 is 5.35. The Labute approximate surface area is 98.5 Å². The van der Waals surface area contributed by atoms with Crippen molar-refractivity contribution < 1.29 is 9.53 Å². The van der Waals surface area contributed by atoms with Crippen LogP contribution in [0.1, 0.15) is 33.6 Å². The van der Waals surface area contributed by atoms with Gasteiger partial charge in [-0.2, -0.15) is 0 Å². The lowest BCUT2D eigenvalue weighted by Crippen LogP contribution is -2.46. The van der Waals surface area contributed by atoms with Crippen molar-refractivity contribution in [1.82, 2.24) is 9.80 Å². The summed E-state index contributed by atoms with van der Waals surface area (Å²) in [7, 11) is 4.18. The van der Waals surface area contributed by atoms with Crippen LogP contribution in [0.5, 0.6) is 0 Å². The van der Waals surface area contributed by atoms with Gasteiger partial charge in [-0.3, -0.25) is 0 Å². The van der Waals surface area contributed by atoms with Crippen LogP contribution in [0.3, 0.4) is 0 Å². The monoisotopic (exact) mass is 228 g/mol. The van der Waals surface area contributed by atoms with Crippen LogP contribution in [0.25, 0.3) is 0 Å². The van der Waals surface area contributed by atoms with Gasteiger partial charge >= 0.3 is 6.09 Å². The maximum Gasteiger partial charge on any atom is 0.410 e. The van der Waals surface area contributed by atoms with Crippen LogP contribution < -0.4 is 0 Å². The highest BCUT2D eigenvalue weighted by atomic mass is 16.6. The number of likely N-dealkylation sites (tertiary alicyclic amines) is 1. The highest BCUT2D eigenvalue weighted by Crippen LogP contribution is 2.17. The average Bonchev–Trinajstić information content (AvgIpc) is 2.15. The van der Waals surface area contributed by atoms with Crippen LogP contribution in [-0.4, -0.2) is 54.7 Å². The van der Waals surface area contributed by atoms with E-state index in [2.05, 4.69) is 19.0 Å². The lowest BCUT2D eigenvalue weighted by Gasteiger charge is -2.35. The molecule has 0 saturated carbocycles. The van der Waals surface area contributed by atoms with Crippen molar-refractivity contribution in [2.45, 2.75) is 45.3 Å². The van der Waals surface area contributed by atoms with E-state index in [1.165, 1.54) is 0 Å². The fourth-order valence-corrected chi connectivity index (χ4v) is 1.89. The van der Waals surface area contributed by atoms with Crippen molar-refractivity contribution in [3.63, 3.8) is 0 Å². The van der Waals surface area contributed by atoms with Crippen molar-refractivity contribution in [2.24, 2.45) is 0 Å². The predicted molar refractivity (Wildman–Crippen MR) is 64.5 cm³/mol. The first kappa shape index (κ1) is 13.3. The van der Waals surface area contributed by atoms with Crippen molar-refractivity contribution in [1.29, 1.82) is 0 Å². The molecule has 1 heterocycles. The first-order valence-corrected chi connectivity index (χ1v) is 5.94. The number of amides is 1. The molecule has 0 radical (unpaired) electrons. The topological polar surface area (TPSA) is 32.8 Å². The van der Waals surface area contributed by atoms with Gasteiger partial charge in [-0.05, 0) is 47.7 Å². The number of carbonyl (C=O) groups excluding carboxylic acids is 1. The first-order chi connectivity index (χ1) is 7.29. The molecular formula is C12H24N2O2. The second kappa shape index (κ2) is 5.04. The number of nitrogens with zero attached hydrogens (tertiary/aromatic N) is 2. The van der Waals surface area contributed by atoms with Crippen LogP contribution >= 0.6 is 0 Å². The van der Waals surface area contributed by atoms with Crippen LogP contribution in [0, 0.1) is 0 Å². The smallest absolute Gasteiger partial charge is 0.410 e. The maximum atomic E-state index is 11.8. The number of rotatable bonds is 1. The van der Waals surface area contributed by atoms with Gasteiger partial charge in [0.25, 0.3) is 0 Å². The molecule has 1 saturated heterocycles.